The highest BCUT2D eigenvalue weighted by Crippen LogP contribution is 2.27. The summed E-state index contributed by atoms with van der Waals surface area (Å²) in [6.45, 7) is 10.3. The molecule has 36 heavy (non-hydrogen) atoms. The zero-order valence-corrected chi connectivity index (χ0v) is 22.0. The minimum absolute atomic E-state index is 0.0624. The van der Waals surface area contributed by atoms with Crippen LogP contribution in [0, 0.1) is 12.8 Å². The van der Waals surface area contributed by atoms with Crippen LogP contribution in [0.2, 0.25) is 0 Å². The lowest BCUT2D eigenvalue weighted by Gasteiger charge is -2.22. The largest absolute Gasteiger partial charge is 0.342 e. The van der Waals surface area contributed by atoms with Gasteiger partial charge in [-0.3, -0.25) is 9.59 Å². The molecule has 0 saturated heterocycles. The number of hydrogen-bond acceptors (Lipinski definition) is 7. The van der Waals surface area contributed by atoms with Crippen molar-refractivity contribution < 1.29 is 9.59 Å². The van der Waals surface area contributed by atoms with E-state index >= 15 is 0 Å². The number of anilines is 1. The highest BCUT2D eigenvalue weighted by molar-refractivity contribution is 7.99. The van der Waals surface area contributed by atoms with E-state index in [2.05, 4.69) is 32.4 Å². The van der Waals surface area contributed by atoms with Gasteiger partial charge in [-0.1, -0.05) is 72.9 Å². The Balaban J connectivity index is 1.47. The van der Waals surface area contributed by atoms with E-state index in [4.69, 9.17) is 0 Å². The minimum Gasteiger partial charge on any atom is -0.342 e. The Morgan fingerprint density at radius 2 is 1.89 bits per heavy atom. The van der Waals surface area contributed by atoms with E-state index in [0.717, 1.165) is 15.8 Å². The summed E-state index contributed by atoms with van der Waals surface area (Å²) in [5, 5.41) is 15.8. The van der Waals surface area contributed by atoms with Gasteiger partial charge in [0.2, 0.25) is 5.91 Å². The Labute approximate surface area is 218 Å². The molecular formula is C26H28N6O2S2. The molecule has 2 N–H and O–H groups in total. The second kappa shape index (κ2) is 11.5. The summed E-state index contributed by atoms with van der Waals surface area (Å²) < 4.78 is 2.91. The first-order chi connectivity index (χ1) is 17.4. The molecule has 0 aliphatic rings. The average Bonchev–Trinajstić information content (AvgIpc) is 3.44. The van der Waals surface area contributed by atoms with E-state index in [1.165, 1.54) is 23.1 Å². The number of benzene rings is 2. The highest BCUT2D eigenvalue weighted by atomic mass is 32.2. The molecule has 2 amide bonds. The van der Waals surface area contributed by atoms with Gasteiger partial charge in [0.15, 0.2) is 16.1 Å². The van der Waals surface area contributed by atoms with Crippen molar-refractivity contribution in [3.8, 4) is 0 Å². The van der Waals surface area contributed by atoms with Crippen LogP contribution in [0.1, 0.15) is 41.6 Å². The van der Waals surface area contributed by atoms with Gasteiger partial charge < -0.3 is 15.2 Å². The van der Waals surface area contributed by atoms with Gasteiger partial charge in [0, 0.05) is 12.1 Å². The summed E-state index contributed by atoms with van der Waals surface area (Å²) in [5.74, 6) is 0.479. The summed E-state index contributed by atoms with van der Waals surface area (Å²) in [6.07, 6.45) is 1.75. The topological polar surface area (TPSA) is 102 Å². The van der Waals surface area contributed by atoms with E-state index < -0.39 is 0 Å². The van der Waals surface area contributed by atoms with Crippen molar-refractivity contribution in [2.24, 2.45) is 5.92 Å². The predicted octanol–water partition coefficient (Wildman–Crippen LogP) is 5.24. The van der Waals surface area contributed by atoms with Gasteiger partial charge in [0.25, 0.3) is 5.91 Å². The molecular weight excluding hydrogens is 492 g/mol. The normalized spacial score (nSPS) is 12.0. The summed E-state index contributed by atoms with van der Waals surface area (Å²) in [5.41, 5.74) is 2.53. The molecule has 2 aromatic carbocycles. The van der Waals surface area contributed by atoms with Crippen LogP contribution in [-0.2, 0) is 11.3 Å². The molecule has 0 saturated carbocycles. The number of aromatic nitrogens is 4. The predicted molar refractivity (Wildman–Crippen MR) is 145 cm³/mol. The standard InChI is InChI=1S/C26H28N6O2S2/c1-5-14-32-23(22(16(2)3)29-24(34)18-12-10-17(4)11-13-18)30-31-26(32)35-15-21(33)28-25-27-19-8-6-7-9-20(19)36-25/h5-13,16,22H,1,14-15H2,2-4H3,(H,29,34)(H,27,28,33)/t22-/m0/s1. The molecule has 1 atom stereocenters. The lowest BCUT2D eigenvalue weighted by molar-refractivity contribution is -0.113. The molecule has 2 heterocycles. The SMILES string of the molecule is C=CCn1c(SCC(=O)Nc2nc3ccccc3s2)nnc1[C@@H](NC(=O)c1ccc(C)cc1)C(C)C. The molecule has 186 valence electrons. The van der Waals surface area contributed by atoms with Crippen LogP contribution >= 0.6 is 23.1 Å². The number of nitrogens with one attached hydrogen (secondary N) is 2. The fourth-order valence-electron chi connectivity index (χ4n) is 3.61. The molecule has 8 nitrogen and oxygen atoms in total. The fraction of sp³-hybridized carbons (Fsp3) is 0.269. The van der Waals surface area contributed by atoms with E-state index in [0.29, 0.717) is 28.2 Å². The Bertz CT molecular complexity index is 1340. The minimum atomic E-state index is -0.364. The lowest BCUT2D eigenvalue weighted by Crippen LogP contribution is -2.33. The zero-order chi connectivity index (χ0) is 25.7. The maximum absolute atomic E-state index is 12.9. The number of nitrogens with zero attached hydrogens (tertiary/aromatic N) is 4. The molecule has 2 aromatic heterocycles. The summed E-state index contributed by atoms with van der Waals surface area (Å²) in [4.78, 5) is 30.0. The number of para-hydroxylation sites is 1. The third-order valence-electron chi connectivity index (χ3n) is 5.47. The second-order valence-electron chi connectivity index (χ2n) is 8.62. The van der Waals surface area contributed by atoms with Crippen LogP contribution < -0.4 is 10.6 Å². The number of carbonyl (C=O) groups excluding carboxylic acids is 2. The molecule has 0 spiro atoms. The van der Waals surface area contributed by atoms with E-state index in [9.17, 15) is 9.59 Å². The van der Waals surface area contributed by atoms with E-state index in [-0.39, 0.29) is 29.5 Å². The molecule has 4 aromatic rings. The van der Waals surface area contributed by atoms with Crippen LogP contribution in [0.5, 0.6) is 0 Å². The lowest BCUT2D eigenvalue weighted by atomic mass is 10.0. The van der Waals surface area contributed by atoms with Gasteiger partial charge in [-0.05, 0) is 37.1 Å². The third-order valence-corrected chi connectivity index (χ3v) is 7.39. The van der Waals surface area contributed by atoms with Crippen molar-refractivity contribution in [2.45, 2.75) is 38.5 Å². The Hall–Kier alpha value is -3.50. The number of thiazole rings is 1. The number of fused-ring (bicyclic) bond motifs is 1. The number of allylic oxidation sites excluding steroid dienone is 1. The Morgan fingerprint density at radius 3 is 2.58 bits per heavy atom. The maximum atomic E-state index is 12.9. The third kappa shape index (κ3) is 6.00. The van der Waals surface area contributed by atoms with Crippen LogP contribution in [-0.4, -0.2) is 37.3 Å². The van der Waals surface area contributed by atoms with Gasteiger partial charge in [-0.25, -0.2) is 4.98 Å². The average molecular weight is 521 g/mol. The van der Waals surface area contributed by atoms with Gasteiger partial charge in [-0.15, -0.1) is 16.8 Å². The Morgan fingerprint density at radius 1 is 1.14 bits per heavy atom. The van der Waals surface area contributed by atoms with Crippen molar-refractivity contribution in [1.29, 1.82) is 0 Å². The molecule has 0 bridgehead atoms. The van der Waals surface area contributed by atoms with E-state index in [1.807, 2.05) is 73.9 Å². The van der Waals surface area contributed by atoms with Gasteiger partial charge in [0.05, 0.1) is 22.0 Å². The molecule has 0 radical (unpaired) electrons. The summed E-state index contributed by atoms with van der Waals surface area (Å²) in [6, 6.07) is 14.8. The summed E-state index contributed by atoms with van der Waals surface area (Å²) >= 11 is 2.72. The van der Waals surface area contributed by atoms with Gasteiger partial charge in [0.1, 0.15) is 0 Å². The van der Waals surface area contributed by atoms with E-state index in [1.54, 1.807) is 6.08 Å². The number of rotatable bonds is 10. The monoisotopic (exact) mass is 520 g/mol. The van der Waals surface area contributed by atoms with Crippen molar-refractivity contribution >= 4 is 50.3 Å². The fourth-order valence-corrected chi connectivity index (χ4v) is 5.24. The molecule has 0 unspecified atom stereocenters. The van der Waals surface area contributed by atoms with Crippen molar-refractivity contribution in [1.82, 2.24) is 25.1 Å². The molecule has 0 aliphatic heterocycles. The Kier molecular flexibility index (Phi) is 8.17. The first-order valence-electron chi connectivity index (χ1n) is 11.6. The quantitative estimate of drug-likeness (QED) is 0.219. The van der Waals surface area contributed by atoms with Gasteiger partial charge >= 0.3 is 0 Å². The number of thioether (sulfide) groups is 1. The molecule has 4 rings (SSSR count). The van der Waals surface area contributed by atoms with Crippen molar-refractivity contribution in [2.75, 3.05) is 11.1 Å². The smallest absolute Gasteiger partial charge is 0.251 e. The van der Waals surface area contributed by atoms with Crippen molar-refractivity contribution in [3.63, 3.8) is 0 Å². The maximum Gasteiger partial charge on any atom is 0.251 e. The second-order valence-corrected chi connectivity index (χ2v) is 10.6. The number of amides is 2. The van der Waals surface area contributed by atoms with Crippen LogP contribution in [0.25, 0.3) is 10.2 Å². The number of carbonyl (C=O) groups is 2. The van der Waals surface area contributed by atoms with Gasteiger partial charge in [-0.2, -0.15) is 0 Å². The van der Waals surface area contributed by atoms with Crippen molar-refractivity contribution in [3.05, 3.63) is 78.1 Å². The highest BCUT2D eigenvalue weighted by Gasteiger charge is 2.26. The number of aryl methyl sites for hydroxylation is 1. The molecule has 10 heteroatoms. The summed E-state index contributed by atoms with van der Waals surface area (Å²) in [7, 11) is 0. The molecule has 0 fully saturated rings. The van der Waals surface area contributed by atoms with Crippen LogP contribution in [0.3, 0.4) is 0 Å². The molecule has 0 aliphatic carbocycles. The van der Waals surface area contributed by atoms with Crippen LogP contribution in [0.4, 0.5) is 5.13 Å². The first-order valence-corrected chi connectivity index (χ1v) is 13.4. The first kappa shape index (κ1) is 25.6. The number of hydrogen-bond donors (Lipinski definition) is 2. The zero-order valence-electron chi connectivity index (χ0n) is 20.4. The van der Waals surface area contributed by atoms with Crippen LogP contribution in [0.15, 0.2) is 66.3 Å².